The summed E-state index contributed by atoms with van der Waals surface area (Å²) in [5.41, 5.74) is 1.61. The lowest BCUT2D eigenvalue weighted by atomic mass is 9.90. The molecule has 2 unspecified atom stereocenters. The molecule has 0 spiro atoms. The van der Waals surface area contributed by atoms with E-state index in [1.165, 1.54) is 14.2 Å². The summed E-state index contributed by atoms with van der Waals surface area (Å²) in [5.74, 6) is 0.558. The zero-order valence-corrected chi connectivity index (χ0v) is 18.9. The molecular formula is C24H28N2O7. The molecule has 2 aromatic carbocycles. The highest BCUT2D eigenvalue weighted by atomic mass is 16.5. The fraction of sp³-hybridized carbons (Fsp3) is 0.375. The summed E-state index contributed by atoms with van der Waals surface area (Å²) in [7, 11) is 4.41. The van der Waals surface area contributed by atoms with E-state index in [-0.39, 0.29) is 31.4 Å². The molecule has 1 N–H and O–H groups in total. The van der Waals surface area contributed by atoms with Gasteiger partial charge in [-0.15, -0.1) is 0 Å². The highest BCUT2D eigenvalue weighted by molar-refractivity contribution is 5.92. The summed E-state index contributed by atoms with van der Waals surface area (Å²) in [6.07, 6.45) is -0.246. The first-order valence-electron chi connectivity index (χ1n) is 10.5. The number of β-lactam (4-membered cyclic amide) rings is 1. The van der Waals surface area contributed by atoms with E-state index in [0.29, 0.717) is 17.9 Å². The van der Waals surface area contributed by atoms with Crippen LogP contribution in [0.1, 0.15) is 24.0 Å². The summed E-state index contributed by atoms with van der Waals surface area (Å²) in [6.45, 7) is 0.349. The van der Waals surface area contributed by atoms with Crippen LogP contribution in [-0.4, -0.2) is 56.3 Å². The number of rotatable bonds is 10. The number of amides is 2. The first-order chi connectivity index (χ1) is 16.0. The zero-order chi connectivity index (χ0) is 23.8. The molecule has 0 bridgehead atoms. The van der Waals surface area contributed by atoms with Crippen LogP contribution in [0.15, 0.2) is 48.5 Å². The number of nitrogens with zero attached hydrogens (tertiary/aromatic N) is 1. The summed E-state index contributed by atoms with van der Waals surface area (Å²) >= 11 is 0. The van der Waals surface area contributed by atoms with Crippen molar-refractivity contribution in [1.82, 2.24) is 10.2 Å². The molecule has 1 heterocycles. The first-order valence-corrected chi connectivity index (χ1v) is 10.5. The third-order valence-electron chi connectivity index (χ3n) is 5.53. The zero-order valence-electron chi connectivity index (χ0n) is 18.9. The SMILES string of the molecule is COC(=O)CCC1C(NC(=O)OCc2ccccc2)C(=O)N1Cc1ccc(OC)cc1OC. The normalized spacial score (nSPS) is 17.1. The van der Waals surface area contributed by atoms with Crippen LogP contribution in [0.4, 0.5) is 4.79 Å². The standard InChI is InChI=1S/C24H28N2O7/c1-30-18-10-9-17(20(13-18)31-2)14-26-19(11-12-21(27)32-3)22(23(26)28)25-24(29)33-15-16-7-5-4-6-8-16/h4-10,13,19,22H,11-12,14-15H2,1-3H3,(H,25,29). The van der Waals surface area contributed by atoms with E-state index in [2.05, 4.69) is 5.32 Å². The van der Waals surface area contributed by atoms with Crippen molar-refractivity contribution in [2.24, 2.45) is 0 Å². The highest BCUT2D eigenvalue weighted by Crippen LogP contribution is 2.31. The van der Waals surface area contributed by atoms with Crippen LogP contribution in [-0.2, 0) is 32.2 Å². The third kappa shape index (κ3) is 5.94. The van der Waals surface area contributed by atoms with Crippen molar-refractivity contribution in [2.45, 2.75) is 38.1 Å². The number of hydrogen-bond donors (Lipinski definition) is 1. The summed E-state index contributed by atoms with van der Waals surface area (Å²) in [6, 6.07) is 13.4. The Morgan fingerprint density at radius 2 is 1.79 bits per heavy atom. The van der Waals surface area contributed by atoms with Crippen molar-refractivity contribution >= 4 is 18.0 Å². The number of methoxy groups -OCH3 is 3. The molecule has 3 rings (SSSR count). The van der Waals surface area contributed by atoms with Crippen molar-refractivity contribution in [3.8, 4) is 11.5 Å². The largest absolute Gasteiger partial charge is 0.497 e. The van der Waals surface area contributed by atoms with Crippen LogP contribution in [0.5, 0.6) is 11.5 Å². The Kier molecular flexibility index (Phi) is 8.12. The first kappa shape index (κ1) is 23.9. The Labute approximate surface area is 192 Å². The molecule has 1 saturated heterocycles. The van der Waals surface area contributed by atoms with Gasteiger partial charge in [-0.05, 0) is 24.1 Å². The number of benzene rings is 2. The molecule has 0 radical (unpaired) electrons. The molecule has 2 aromatic rings. The number of esters is 1. The van der Waals surface area contributed by atoms with Gasteiger partial charge in [0.1, 0.15) is 24.1 Å². The van der Waals surface area contributed by atoms with Crippen LogP contribution in [0.3, 0.4) is 0 Å². The van der Waals surface area contributed by atoms with Gasteiger partial charge in [-0.25, -0.2) is 4.79 Å². The molecule has 2 amide bonds. The topological polar surface area (TPSA) is 103 Å². The van der Waals surface area contributed by atoms with E-state index in [1.807, 2.05) is 36.4 Å². The number of nitrogens with one attached hydrogen (secondary N) is 1. The maximum absolute atomic E-state index is 12.9. The number of likely N-dealkylation sites (tertiary alicyclic amines) is 1. The van der Waals surface area contributed by atoms with Gasteiger partial charge in [0.05, 0.1) is 27.4 Å². The second kappa shape index (κ2) is 11.2. The molecule has 0 aromatic heterocycles. The van der Waals surface area contributed by atoms with E-state index < -0.39 is 18.2 Å². The molecule has 176 valence electrons. The van der Waals surface area contributed by atoms with E-state index in [9.17, 15) is 14.4 Å². The van der Waals surface area contributed by atoms with E-state index in [4.69, 9.17) is 18.9 Å². The smallest absolute Gasteiger partial charge is 0.408 e. The van der Waals surface area contributed by atoms with E-state index in [1.54, 1.807) is 24.1 Å². The van der Waals surface area contributed by atoms with E-state index >= 15 is 0 Å². The van der Waals surface area contributed by atoms with Gasteiger partial charge in [0.25, 0.3) is 0 Å². The second-order valence-electron chi connectivity index (χ2n) is 7.51. The minimum Gasteiger partial charge on any atom is -0.497 e. The fourth-order valence-corrected chi connectivity index (χ4v) is 3.71. The van der Waals surface area contributed by atoms with Gasteiger partial charge in [-0.3, -0.25) is 9.59 Å². The molecule has 0 aliphatic carbocycles. The number of hydrogen-bond acceptors (Lipinski definition) is 7. The molecule has 1 aliphatic heterocycles. The second-order valence-corrected chi connectivity index (χ2v) is 7.51. The minimum absolute atomic E-state index is 0.0904. The monoisotopic (exact) mass is 456 g/mol. The van der Waals surface area contributed by atoms with Crippen molar-refractivity contribution in [2.75, 3.05) is 21.3 Å². The molecule has 33 heavy (non-hydrogen) atoms. The Hall–Kier alpha value is -3.75. The Bertz CT molecular complexity index is 980. The Morgan fingerprint density at radius 3 is 2.45 bits per heavy atom. The summed E-state index contributed by atoms with van der Waals surface area (Å²) in [4.78, 5) is 38.5. The van der Waals surface area contributed by atoms with Gasteiger partial charge in [-0.2, -0.15) is 0 Å². The Morgan fingerprint density at radius 1 is 1.03 bits per heavy atom. The third-order valence-corrected chi connectivity index (χ3v) is 5.53. The maximum Gasteiger partial charge on any atom is 0.408 e. The predicted octanol–water partition coefficient (Wildman–Crippen LogP) is 2.66. The molecule has 1 fully saturated rings. The van der Waals surface area contributed by atoms with Crippen LogP contribution in [0.2, 0.25) is 0 Å². The molecule has 2 atom stereocenters. The lowest BCUT2D eigenvalue weighted by molar-refractivity contribution is -0.154. The molecule has 9 nitrogen and oxygen atoms in total. The average molecular weight is 456 g/mol. The molecule has 9 heteroatoms. The number of ether oxygens (including phenoxy) is 4. The van der Waals surface area contributed by atoms with Crippen molar-refractivity contribution in [3.63, 3.8) is 0 Å². The average Bonchev–Trinajstić information content (AvgIpc) is 2.86. The number of carbonyl (C=O) groups is 3. The van der Waals surface area contributed by atoms with E-state index in [0.717, 1.165) is 11.1 Å². The van der Waals surface area contributed by atoms with Gasteiger partial charge < -0.3 is 29.2 Å². The van der Waals surface area contributed by atoms with Gasteiger partial charge in [0, 0.05) is 24.6 Å². The van der Waals surface area contributed by atoms with Crippen LogP contribution < -0.4 is 14.8 Å². The Balaban J connectivity index is 1.67. The highest BCUT2D eigenvalue weighted by Gasteiger charge is 2.48. The minimum atomic E-state index is -0.790. The lowest BCUT2D eigenvalue weighted by Gasteiger charge is -2.47. The molecule has 1 aliphatic rings. The van der Waals surface area contributed by atoms with Crippen LogP contribution >= 0.6 is 0 Å². The van der Waals surface area contributed by atoms with Crippen molar-refractivity contribution < 1.29 is 33.3 Å². The molecule has 0 saturated carbocycles. The number of carbonyl (C=O) groups excluding carboxylic acids is 3. The van der Waals surface area contributed by atoms with Gasteiger partial charge in [0.15, 0.2) is 0 Å². The van der Waals surface area contributed by atoms with Gasteiger partial charge in [0.2, 0.25) is 5.91 Å². The van der Waals surface area contributed by atoms with Gasteiger partial charge >= 0.3 is 12.1 Å². The van der Waals surface area contributed by atoms with Crippen LogP contribution in [0, 0.1) is 0 Å². The summed E-state index contributed by atoms with van der Waals surface area (Å²) in [5, 5.41) is 2.64. The fourth-order valence-electron chi connectivity index (χ4n) is 3.71. The predicted molar refractivity (Wildman–Crippen MR) is 119 cm³/mol. The van der Waals surface area contributed by atoms with Gasteiger partial charge in [-0.1, -0.05) is 30.3 Å². The summed E-state index contributed by atoms with van der Waals surface area (Å²) < 4.78 is 20.6. The van der Waals surface area contributed by atoms with Crippen LogP contribution in [0.25, 0.3) is 0 Å². The van der Waals surface area contributed by atoms with Crippen molar-refractivity contribution in [1.29, 1.82) is 0 Å². The molecular weight excluding hydrogens is 428 g/mol. The number of alkyl carbamates (subject to hydrolysis) is 1. The van der Waals surface area contributed by atoms with Crippen molar-refractivity contribution in [3.05, 3.63) is 59.7 Å². The lowest BCUT2D eigenvalue weighted by Crippen LogP contribution is -2.70. The quantitative estimate of drug-likeness (QED) is 0.433. The maximum atomic E-state index is 12.9.